The second kappa shape index (κ2) is 8.01. The molecule has 0 saturated heterocycles. The number of benzene rings is 2. The van der Waals surface area contributed by atoms with E-state index in [-0.39, 0.29) is 11.5 Å². The zero-order chi connectivity index (χ0) is 20.4. The standard InChI is InChI=1S/C23H20N2O3S/c1-3-28-23(27)18-11-7-8-16(12-18)14-25-15(2)24-21-19(22(25)26)13-20(29-21)17-9-5-4-6-10-17/h4-13H,3,14H2,1-2H3. The van der Waals surface area contributed by atoms with Crippen LogP contribution in [0.25, 0.3) is 20.7 Å². The molecular formula is C23H20N2O3S. The van der Waals surface area contributed by atoms with Crippen molar-refractivity contribution in [2.24, 2.45) is 0 Å². The van der Waals surface area contributed by atoms with Crippen molar-refractivity contribution in [3.63, 3.8) is 0 Å². The van der Waals surface area contributed by atoms with Gasteiger partial charge in [-0.1, -0.05) is 42.5 Å². The van der Waals surface area contributed by atoms with E-state index in [2.05, 4.69) is 4.98 Å². The van der Waals surface area contributed by atoms with Crippen LogP contribution < -0.4 is 5.56 Å². The molecule has 0 amide bonds. The Labute approximate surface area is 172 Å². The van der Waals surface area contributed by atoms with E-state index in [4.69, 9.17) is 4.74 Å². The number of esters is 1. The summed E-state index contributed by atoms with van der Waals surface area (Å²) in [4.78, 5) is 31.6. The number of ether oxygens (including phenoxy) is 1. The predicted molar refractivity (Wildman–Crippen MR) is 116 cm³/mol. The van der Waals surface area contributed by atoms with E-state index in [1.807, 2.05) is 49.4 Å². The minimum absolute atomic E-state index is 0.0764. The van der Waals surface area contributed by atoms with Crippen LogP contribution in [0.3, 0.4) is 0 Å². The Morgan fingerprint density at radius 2 is 1.90 bits per heavy atom. The second-order valence-electron chi connectivity index (χ2n) is 6.67. The maximum Gasteiger partial charge on any atom is 0.338 e. The number of hydrogen-bond acceptors (Lipinski definition) is 5. The van der Waals surface area contributed by atoms with Crippen molar-refractivity contribution in [1.29, 1.82) is 0 Å². The maximum absolute atomic E-state index is 13.2. The Bertz CT molecular complexity index is 1240. The molecular weight excluding hydrogens is 384 g/mol. The first kappa shape index (κ1) is 19.1. The van der Waals surface area contributed by atoms with Crippen molar-refractivity contribution >= 4 is 27.5 Å². The SMILES string of the molecule is CCOC(=O)c1cccc(Cn2c(C)nc3sc(-c4ccccc4)cc3c2=O)c1. The Morgan fingerprint density at radius 1 is 1.10 bits per heavy atom. The molecule has 0 N–H and O–H groups in total. The van der Waals surface area contributed by atoms with Gasteiger partial charge in [-0.2, -0.15) is 0 Å². The fraction of sp³-hybridized carbons (Fsp3) is 0.174. The van der Waals surface area contributed by atoms with E-state index in [0.29, 0.717) is 29.9 Å². The van der Waals surface area contributed by atoms with Crippen LogP contribution in [0.1, 0.15) is 28.7 Å². The van der Waals surface area contributed by atoms with Crippen LogP contribution in [-0.4, -0.2) is 22.1 Å². The fourth-order valence-electron chi connectivity index (χ4n) is 3.24. The summed E-state index contributed by atoms with van der Waals surface area (Å²) in [5.41, 5.74) is 2.32. The number of nitrogens with zero attached hydrogens (tertiary/aromatic N) is 2. The molecule has 146 valence electrons. The molecule has 0 unspecified atom stereocenters. The normalized spacial score (nSPS) is 11.0. The molecule has 0 aliphatic rings. The van der Waals surface area contributed by atoms with Crippen molar-refractivity contribution in [3.05, 3.63) is 88.0 Å². The van der Waals surface area contributed by atoms with Crippen molar-refractivity contribution in [3.8, 4) is 10.4 Å². The van der Waals surface area contributed by atoms with Crippen molar-refractivity contribution < 1.29 is 9.53 Å². The Kier molecular flexibility index (Phi) is 5.27. The first-order valence-corrected chi connectivity index (χ1v) is 10.2. The molecule has 0 atom stereocenters. The Morgan fingerprint density at radius 3 is 2.66 bits per heavy atom. The highest BCUT2D eigenvalue weighted by Crippen LogP contribution is 2.31. The number of carbonyl (C=O) groups excluding carboxylic acids is 1. The molecule has 29 heavy (non-hydrogen) atoms. The number of thiophene rings is 1. The Balaban J connectivity index is 1.72. The third-order valence-corrected chi connectivity index (χ3v) is 5.76. The molecule has 4 rings (SSSR count). The predicted octanol–water partition coefficient (Wildman–Crippen LogP) is 4.66. The van der Waals surface area contributed by atoms with E-state index in [1.54, 1.807) is 29.7 Å². The highest BCUT2D eigenvalue weighted by Gasteiger charge is 2.14. The van der Waals surface area contributed by atoms with Gasteiger partial charge in [0.05, 0.1) is 24.1 Å². The number of carbonyl (C=O) groups is 1. The molecule has 0 saturated carbocycles. The first-order chi connectivity index (χ1) is 14.1. The van der Waals surface area contributed by atoms with Crippen LogP contribution >= 0.6 is 11.3 Å². The van der Waals surface area contributed by atoms with Crippen LogP contribution in [0.4, 0.5) is 0 Å². The number of fused-ring (bicyclic) bond motifs is 1. The quantitative estimate of drug-likeness (QED) is 0.454. The largest absolute Gasteiger partial charge is 0.462 e. The van der Waals surface area contributed by atoms with Crippen LogP contribution in [0.15, 0.2) is 65.5 Å². The number of aromatic nitrogens is 2. The van der Waals surface area contributed by atoms with Crippen LogP contribution in [0, 0.1) is 6.92 Å². The van der Waals surface area contributed by atoms with Gasteiger partial charge in [-0.15, -0.1) is 11.3 Å². The molecule has 0 fully saturated rings. The van der Waals surface area contributed by atoms with Gasteiger partial charge in [0.1, 0.15) is 10.7 Å². The number of aryl methyl sites for hydroxylation is 1. The van der Waals surface area contributed by atoms with E-state index in [9.17, 15) is 9.59 Å². The smallest absolute Gasteiger partial charge is 0.338 e. The molecule has 0 bridgehead atoms. The highest BCUT2D eigenvalue weighted by atomic mass is 32.1. The average Bonchev–Trinajstić information content (AvgIpc) is 3.16. The highest BCUT2D eigenvalue weighted by molar-refractivity contribution is 7.21. The summed E-state index contributed by atoms with van der Waals surface area (Å²) in [5, 5.41) is 0.612. The van der Waals surface area contributed by atoms with Gasteiger partial charge < -0.3 is 4.74 Å². The molecule has 0 aliphatic carbocycles. The summed E-state index contributed by atoms with van der Waals surface area (Å²) < 4.78 is 6.71. The lowest BCUT2D eigenvalue weighted by molar-refractivity contribution is 0.0526. The number of rotatable bonds is 5. The summed E-state index contributed by atoms with van der Waals surface area (Å²) in [6, 6.07) is 19.1. The third kappa shape index (κ3) is 3.84. The van der Waals surface area contributed by atoms with E-state index in [0.717, 1.165) is 20.8 Å². The molecule has 5 nitrogen and oxygen atoms in total. The molecule has 6 heteroatoms. The topological polar surface area (TPSA) is 61.2 Å². The third-order valence-electron chi connectivity index (χ3n) is 4.68. The monoisotopic (exact) mass is 404 g/mol. The molecule has 0 radical (unpaired) electrons. The van der Waals surface area contributed by atoms with Crippen molar-refractivity contribution in [2.75, 3.05) is 6.61 Å². The summed E-state index contributed by atoms with van der Waals surface area (Å²) in [7, 11) is 0. The van der Waals surface area contributed by atoms with Gasteiger partial charge in [0.15, 0.2) is 0 Å². The van der Waals surface area contributed by atoms with Gasteiger partial charge in [-0.05, 0) is 43.2 Å². The van der Waals surface area contributed by atoms with Crippen molar-refractivity contribution in [2.45, 2.75) is 20.4 Å². The van der Waals surface area contributed by atoms with Gasteiger partial charge in [0.2, 0.25) is 0 Å². The van der Waals surface area contributed by atoms with E-state index in [1.165, 1.54) is 11.3 Å². The summed E-state index contributed by atoms with van der Waals surface area (Å²) in [6.07, 6.45) is 0. The lowest BCUT2D eigenvalue weighted by atomic mass is 10.1. The summed E-state index contributed by atoms with van der Waals surface area (Å²) >= 11 is 1.52. The average molecular weight is 404 g/mol. The second-order valence-corrected chi connectivity index (χ2v) is 7.70. The minimum atomic E-state index is -0.364. The molecule has 2 aromatic heterocycles. The van der Waals surface area contributed by atoms with Gasteiger partial charge in [-0.25, -0.2) is 9.78 Å². The van der Waals surface area contributed by atoms with Gasteiger partial charge in [0, 0.05) is 4.88 Å². The lowest BCUT2D eigenvalue weighted by Gasteiger charge is -2.10. The molecule has 4 aromatic rings. The number of hydrogen-bond donors (Lipinski definition) is 0. The molecule has 0 spiro atoms. The van der Waals surface area contributed by atoms with Gasteiger partial charge >= 0.3 is 5.97 Å². The fourth-order valence-corrected chi connectivity index (χ4v) is 4.31. The van der Waals surface area contributed by atoms with Gasteiger partial charge in [0.25, 0.3) is 5.56 Å². The molecule has 2 heterocycles. The lowest BCUT2D eigenvalue weighted by Crippen LogP contribution is -2.24. The zero-order valence-electron chi connectivity index (χ0n) is 16.2. The van der Waals surface area contributed by atoms with Gasteiger partial charge in [-0.3, -0.25) is 9.36 Å². The molecule has 2 aromatic carbocycles. The zero-order valence-corrected chi connectivity index (χ0v) is 17.0. The summed E-state index contributed by atoms with van der Waals surface area (Å²) in [6.45, 7) is 4.27. The van der Waals surface area contributed by atoms with Crippen LogP contribution in [0.5, 0.6) is 0 Å². The first-order valence-electron chi connectivity index (χ1n) is 9.39. The minimum Gasteiger partial charge on any atom is -0.462 e. The van der Waals surface area contributed by atoms with Crippen LogP contribution in [0.2, 0.25) is 0 Å². The molecule has 0 aliphatic heterocycles. The van der Waals surface area contributed by atoms with Crippen LogP contribution in [-0.2, 0) is 11.3 Å². The van der Waals surface area contributed by atoms with E-state index < -0.39 is 0 Å². The maximum atomic E-state index is 13.2. The van der Waals surface area contributed by atoms with Crippen molar-refractivity contribution in [1.82, 2.24) is 9.55 Å². The summed E-state index contributed by atoms with van der Waals surface area (Å²) in [5.74, 6) is 0.280. The van der Waals surface area contributed by atoms with E-state index >= 15 is 0 Å². The Hall–Kier alpha value is -3.25.